The first-order valence-corrected chi connectivity index (χ1v) is 6.29. The molecule has 3 nitrogen and oxygen atoms in total. The lowest BCUT2D eigenvalue weighted by Crippen LogP contribution is -2.18. The summed E-state index contributed by atoms with van der Waals surface area (Å²) in [4.78, 5) is 15.6. The molecule has 0 fully saturated rings. The first-order chi connectivity index (χ1) is 9.85. The number of benzene rings is 1. The Hall–Kier alpha value is -2.08. The van der Waals surface area contributed by atoms with Crippen LogP contribution in [0.15, 0.2) is 42.7 Å². The highest BCUT2D eigenvalue weighted by Gasteiger charge is 2.28. The monoisotopic (exact) mass is 314 g/mol. The number of ketones is 1. The van der Waals surface area contributed by atoms with Crippen LogP contribution < -0.4 is 0 Å². The van der Waals surface area contributed by atoms with E-state index in [9.17, 15) is 18.0 Å². The van der Waals surface area contributed by atoms with Crippen molar-refractivity contribution in [3.8, 4) is 0 Å². The molecular formula is C14H10ClF3N2O. The minimum absolute atomic E-state index is 0.0645. The van der Waals surface area contributed by atoms with Gasteiger partial charge in [-0.3, -0.25) is 4.79 Å². The number of aromatic nitrogens is 2. The van der Waals surface area contributed by atoms with Crippen LogP contribution in [0, 0.1) is 0 Å². The lowest BCUT2D eigenvalue weighted by Gasteiger charge is -2.08. The summed E-state index contributed by atoms with van der Waals surface area (Å²) in [5.74, 6) is -0.275. The van der Waals surface area contributed by atoms with Crippen LogP contribution >= 0.6 is 11.6 Å². The number of halogens is 4. The summed E-state index contributed by atoms with van der Waals surface area (Å²) in [6.45, 7) is -1.15. The number of nitrogens with zero attached hydrogens (tertiary/aromatic N) is 2. The zero-order valence-electron chi connectivity index (χ0n) is 10.6. The molecule has 1 heterocycles. The molecule has 110 valence electrons. The number of imidazole rings is 1. The maximum Gasteiger partial charge on any atom is 0.406 e. The van der Waals surface area contributed by atoms with Gasteiger partial charge in [0.25, 0.3) is 0 Å². The summed E-state index contributed by atoms with van der Waals surface area (Å²) in [6, 6.07) is 6.20. The summed E-state index contributed by atoms with van der Waals surface area (Å²) in [5, 5.41) is 0.497. The lowest BCUT2D eigenvalue weighted by atomic mass is 10.1. The van der Waals surface area contributed by atoms with Crippen molar-refractivity contribution in [3.63, 3.8) is 0 Å². The molecule has 0 radical (unpaired) electrons. The number of rotatable bonds is 4. The smallest absolute Gasteiger partial charge is 0.322 e. The van der Waals surface area contributed by atoms with Gasteiger partial charge >= 0.3 is 6.18 Å². The third kappa shape index (κ3) is 4.46. The van der Waals surface area contributed by atoms with E-state index in [2.05, 4.69) is 4.98 Å². The van der Waals surface area contributed by atoms with Crippen molar-refractivity contribution in [2.75, 3.05) is 0 Å². The molecule has 7 heteroatoms. The van der Waals surface area contributed by atoms with Gasteiger partial charge in [-0.2, -0.15) is 13.2 Å². The van der Waals surface area contributed by atoms with Crippen LogP contribution in [-0.4, -0.2) is 21.5 Å². The number of hydrogen-bond acceptors (Lipinski definition) is 2. The molecule has 0 N–H and O–H groups in total. The van der Waals surface area contributed by atoms with E-state index < -0.39 is 12.7 Å². The van der Waals surface area contributed by atoms with Crippen molar-refractivity contribution in [2.24, 2.45) is 0 Å². The number of hydrogen-bond donors (Lipinski definition) is 0. The highest BCUT2D eigenvalue weighted by Crippen LogP contribution is 2.18. The molecule has 0 bridgehead atoms. The van der Waals surface area contributed by atoms with Crippen molar-refractivity contribution in [1.29, 1.82) is 0 Å². The van der Waals surface area contributed by atoms with Gasteiger partial charge in [0.2, 0.25) is 0 Å². The molecule has 0 saturated carbocycles. The van der Waals surface area contributed by atoms with E-state index >= 15 is 0 Å². The van der Waals surface area contributed by atoms with E-state index in [-0.39, 0.29) is 11.6 Å². The number of alkyl halides is 3. The van der Waals surface area contributed by atoms with Crippen LogP contribution in [0.1, 0.15) is 16.2 Å². The van der Waals surface area contributed by atoms with Gasteiger partial charge in [0.15, 0.2) is 5.78 Å². The van der Waals surface area contributed by atoms with E-state index in [0.29, 0.717) is 10.6 Å². The van der Waals surface area contributed by atoms with E-state index in [0.717, 1.165) is 4.57 Å². The fourth-order valence-corrected chi connectivity index (χ4v) is 1.79. The zero-order valence-corrected chi connectivity index (χ0v) is 11.4. The highest BCUT2D eigenvalue weighted by atomic mass is 35.5. The van der Waals surface area contributed by atoms with Crippen LogP contribution in [0.25, 0.3) is 6.08 Å². The van der Waals surface area contributed by atoms with Crippen molar-refractivity contribution < 1.29 is 18.0 Å². The second-order valence-corrected chi connectivity index (χ2v) is 4.67. The second kappa shape index (κ2) is 6.13. The Balaban J connectivity index is 2.13. The fraction of sp³-hybridized carbons (Fsp3) is 0.143. The van der Waals surface area contributed by atoms with Crippen LogP contribution in [-0.2, 0) is 6.54 Å². The highest BCUT2D eigenvalue weighted by molar-refractivity contribution is 6.30. The molecule has 21 heavy (non-hydrogen) atoms. The summed E-state index contributed by atoms with van der Waals surface area (Å²) >= 11 is 5.71. The minimum atomic E-state index is -4.34. The van der Waals surface area contributed by atoms with Crippen LogP contribution in [0.4, 0.5) is 13.2 Å². The Morgan fingerprint density at radius 1 is 1.29 bits per heavy atom. The molecule has 1 aromatic heterocycles. The molecule has 0 atom stereocenters. The van der Waals surface area contributed by atoms with Crippen LogP contribution in [0.3, 0.4) is 0 Å². The maximum absolute atomic E-state index is 12.3. The first kappa shape index (κ1) is 15.3. The van der Waals surface area contributed by atoms with Crippen LogP contribution in [0.2, 0.25) is 5.02 Å². The molecular weight excluding hydrogens is 305 g/mol. The molecule has 0 amide bonds. The second-order valence-electron chi connectivity index (χ2n) is 4.23. The molecule has 0 spiro atoms. The third-order valence-electron chi connectivity index (χ3n) is 2.61. The van der Waals surface area contributed by atoms with Gasteiger partial charge in [-0.1, -0.05) is 11.6 Å². The normalized spacial score (nSPS) is 12.0. The maximum atomic E-state index is 12.3. The number of carbonyl (C=O) groups excluding carboxylic acids is 1. The van der Waals surface area contributed by atoms with Gasteiger partial charge in [-0.05, 0) is 36.4 Å². The van der Waals surface area contributed by atoms with Gasteiger partial charge in [0.05, 0.1) is 0 Å². The van der Waals surface area contributed by atoms with E-state index in [1.807, 2.05) is 0 Å². The predicted octanol–water partition coefficient (Wildman–Crippen LogP) is 3.99. The molecule has 0 saturated heterocycles. The molecule has 0 aliphatic rings. The molecule has 0 aliphatic carbocycles. The zero-order chi connectivity index (χ0) is 15.5. The Morgan fingerprint density at radius 3 is 2.57 bits per heavy atom. The van der Waals surface area contributed by atoms with E-state index in [1.165, 1.54) is 36.7 Å². The quantitative estimate of drug-likeness (QED) is 0.631. The van der Waals surface area contributed by atoms with Gasteiger partial charge in [0, 0.05) is 23.0 Å². The SMILES string of the molecule is O=C(/C=C\c1nccn1CC(F)(F)F)c1ccc(Cl)cc1. The Kier molecular flexibility index (Phi) is 4.47. The van der Waals surface area contributed by atoms with E-state index in [4.69, 9.17) is 11.6 Å². The van der Waals surface area contributed by atoms with Crippen molar-refractivity contribution in [1.82, 2.24) is 9.55 Å². The minimum Gasteiger partial charge on any atom is -0.322 e. The fourth-order valence-electron chi connectivity index (χ4n) is 1.67. The average Bonchev–Trinajstić information content (AvgIpc) is 2.82. The summed E-state index contributed by atoms with van der Waals surface area (Å²) in [6.07, 6.45) is 0.544. The third-order valence-corrected chi connectivity index (χ3v) is 2.86. The van der Waals surface area contributed by atoms with Gasteiger partial charge in [-0.25, -0.2) is 4.98 Å². The van der Waals surface area contributed by atoms with Crippen molar-refractivity contribution in [3.05, 3.63) is 59.1 Å². The lowest BCUT2D eigenvalue weighted by molar-refractivity contribution is -0.140. The topological polar surface area (TPSA) is 34.9 Å². The van der Waals surface area contributed by atoms with E-state index in [1.54, 1.807) is 12.1 Å². The number of allylic oxidation sites excluding steroid dienone is 1. The van der Waals surface area contributed by atoms with Crippen molar-refractivity contribution in [2.45, 2.75) is 12.7 Å². The molecule has 2 aromatic rings. The predicted molar refractivity (Wildman–Crippen MR) is 73.1 cm³/mol. The molecule has 0 unspecified atom stereocenters. The van der Waals surface area contributed by atoms with Crippen LogP contribution in [0.5, 0.6) is 0 Å². The summed E-state index contributed by atoms with van der Waals surface area (Å²) in [5.41, 5.74) is 0.393. The molecule has 2 rings (SSSR count). The van der Waals surface area contributed by atoms with Gasteiger partial charge in [0.1, 0.15) is 12.4 Å². The molecule has 0 aliphatic heterocycles. The van der Waals surface area contributed by atoms with Gasteiger partial charge in [-0.15, -0.1) is 0 Å². The Labute approximate surface area is 123 Å². The molecule has 1 aromatic carbocycles. The van der Waals surface area contributed by atoms with Crippen molar-refractivity contribution >= 4 is 23.5 Å². The summed E-state index contributed by atoms with van der Waals surface area (Å²) < 4.78 is 38.0. The summed E-state index contributed by atoms with van der Waals surface area (Å²) in [7, 11) is 0. The standard InChI is InChI=1S/C14H10ClF3N2O/c15-11-3-1-10(2-4-11)12(21)5-6-13-19-7-8-20(13)9-14(16,17)18/h1-8H,9H2/b6-5-. The van der Waals surface area contributed by atoms with Gasteiger partial charge < -0.3 is 4.57 Å². The largest absolute Gasteiger partial charge is 0.406 e. The number of carbonyl (C=O) groups is 1. The first-order valence-electron chi connectivity index (χ1n) is 5.91. The Morgan fingerprint density at radius 2 is 1.95 bits per heavy atom. The average molecular weight is 315 g/mol. The Bertz CT molecular complexity index is 660.